The lowest BCUT2D eigenvalue weighted by molar-refractivity contribution is -0.383. The fraction of sp³-hybridized carbons (Fsp3) is 0.444. The Kier molecular flexibility index (Phi) is 4.83. The lowest BCUT2D eigenvalue weighted by Crippen LogP contribution is -2.38. The highest BCUT2D eigenvalue weighted by molar-refractivity contribution is 5.75. The van der Waals surface area contributed by atoms with E-state index in [2.05, 4.69) is 22.2 Å². The van der Waals surface area contributed by atoms with Gasteiger partial charge in [0.2, 0.25) is 11.6 Å². The van der Waals surface area contributed by atoms with E-state index >= 15 is 0 Å². The molecule has 25 heavy (non-hydrogen) atoms. The van der Waals surface area contributed by atoms with E-state index in [-0.39, 0.29) is 22.5 Å². The summed E-state index contributed by atoms with van der Waals surface area (Å²) in [6, 6.07) is 6.08. The predicted octanol–water partition coefficient (Wildman–Crippen LogP) is 4.12. The summed E-state index contributed by atoms with van der Waals surface area (Å²) in [6.45, 7) is 6.90. The minimum atomic E-state index is -0.389. The molecule has 1 unspecified atom stereocenters. The zero-order valence-corrected chi connectivity index (χ0v) is 14.8. The minimum absolute atomic E-state index is 0.0607. The smallest absolute Gasteiger partial charge is 0.348 e. The molecule has 0 aliphatic carbocycles. The van der Waals surface area contributed by atoms with Crippen LogP contribution >= 0.6 is 0 Å². The van der Waals surface area contributed by atoms with E-state index in [1.54, 1.807) is 0 Å². The van der Waals surface area contributed by atoms with Crippen molar-refractivity contribution < 1.29 is 4.92 Å². The van der Waals surface area contributed by atoms with Crippen molar-refractivity contribution in [3.63, 3.8) is 0 Å². The summed E-state index contributed by atoms with van der Waals surface area (Å²) < 4.78 is 0. The van der Waals surface area contributed by atoms with Crippen LogP contribution in [0, 0.1) is 24.0 Å². The topological polar surface area (TPSA) is 84.2 Å². The van der Waals surface area contributed by atoms with Crippen LogP contribution in [0.2, 0.25) is 0 Å². The monoisotopic (exact) mass is 341 g/mol. The van der Waals surface area contributed by atoms with Gasteiger partial charge in [0, 0.05) is 18.3 Å². The lowest BCUT2D eigenvalue weighted by Gasteiger charge is -2.33. The predicted molar refractivity (Wildman–Crippen MR) is 98.5 cm³/mol. The second kappa shape index (κ2) is 7.04. The first-order chi connectivity index (χ1) is 12.0. The van der Waals surface area contributed by atoms with Gasteiger partial charge < -0.3 is 10.2 Å². The zero-order chi connectivity index (χ0) is 18.0. The molecule has 0 amide bonds. The second-order valence-corrected chi connectivity index (χ2v) is 6.61. The molecule has 2 heterocycles. The molecule has 2 aromatic rings. The van der Waals surface area contributed by atoms with Gasteiger partial charge in [-0.2, -0.15) is 0 Å². The zero-order valence-electron chi connectivity index (χ0n) is 14.8. The number of rotatable bonds is 4. The van der Waals surface area contributed by atoms with E-state index in [9.17, 15) is 10.1 Å². The SMILES string of the molecule is Cc1ccc(Nc2ncnc(N3CCCCC3C)c2[N+](=O)[O-])cc1C. The van der Waals surface area contributed by atoms with Gasteiger partial charge in [-0.05, 0) is 63.3 Å². The Labute approximate surface area is 147 Å². The third-order valence-corrected chi connectivity index (χ3v) is 4.83. The van der Waals surface area contributed by atoms with Crippen LogP contribution in [0.5, 0.6) is 0 Å². The molecule has 7 heteroatoms. The van der Waals surface area contributed by atoms with Crippen molar-refractivity contribution in [3.8, 4) is 0 Å². The lowest BCUT2D eigenvalue weighted by atomic mass is 10.0. The van der Waals surface area contributed by atoms with Crippen LogP contribution in [0.15, 0.2) is 24.5 Å². The number of nitro groups is 1. The molecule has 0 saturated carbocycles. The molecule has 132 valence electrons. The number of piperidine rings is 1. The summed E-state index contributed by atoms with van der Waals surface area (Å²) in [6.07, 6.45) is 4.57. The molecule has 3 rings (SSSR count). The number of nitrogens with zero attached hydrogens (tertiary/aromatic N) is 4. The number of hydrogen-bond acceptors (Lipinski definition) is 6. The van der Waals surface area contributed by atoms with Crippen molar-refractivity contribution in [2.75, 3.05) is 16.8 Å². The van der Waals surface area contributed by atoms with E-state index < -0.39 is 0 Å². The molecular formula is C18H23N5O2. The van der Waals surface area contributed by atoms with E-state index in [1.165, 1.54) is 11.9 Å². The normalized spacial score (nSPS) is 17.4. The Morgan fingerprint density at radius 2 is 2.04 bits per heavy atom. The quantitative estimate of drug-likeness (QED) is 0.665. The molecular weight excluding hydrogens is 318 g/mol. The van der Waals surface area contributed by atoms with Crippen molar-refractivity contribution in [1.82, 2.24) is 9.97 Å². The van der Waals surface area contributed by atoms with Crippen molar-refractivity contribution in [3.05, 3.63) is 45.8 Å². The van der Waals surface area contributed by atoms with Gasteiger partial charge >= 0.3 is 5.69 Å². The molecule has 1 atom stereocenters. The molecule has 0 bridgehead atoms. The summed E-state index contributed by atoms with van der Waals surface area (Å²) in [4.78, 5) is 21.8. The van der Waals surface area contributed by atoms with Crippen molar-refractivity contribution in [1.29, 1.82) is 0 Å². The fourth-order valence-corrected chi connectivity index (χ4v) is 3.21. The summed E-state index contributed by atoms with van der Waals surface area (Å²) in [5.74, 6) is 0.634. The summed E-state index contributed by atoms with van der Waals surface area (Å²) in [5, 5.41) is 14.9. The highest BCUT2D eigenvalue weighted by atomic mass is 16.6. The molecule has 1 aliphatic heterocycles. The Morgan fingerprint density at radius 1 is 1.24 bits per heavy atom. The molecule has 0 radical (unpaired) electrons. The highest BCUT2D eigenvalue weighted by Gasteiger charge is 2.30. The van der Waals surface area contributed by atoms with Crippen LogP contribution in [0.25, 0.3) is 0 Å². The maximum Gasteiger partial charge on any atom is 0.353 e. The van der Waals surface area contributed by atoms with Crippen molar-refractivity contribution in [2.24, 2.45) is 0 Å². The molecule has 1 aromatic carbocycles. The summed E-state index contributed by atoms with van der Waals surface area (Å²) in [7, 11) is 0. The van der Waals surface area contributed by atoms with Crippen LogP contribution in [-0.2, 0) is 0 Å². The van der Waals surface area contributed by atoms with Gasteiger partial charge in [-0.1, -0.05) is 6.07 Å². The van der Waals surface area contributed by atoms with Gasteiger partial charge in [0.25, 0.3) is 0 Å². The molecule has 1 fully saturated rings. The maximum absolute atomic E-state index is 11.8. The van der Waals surface area contributed by atoms with Crippen LogP contribution < -0.4 is 10.2 Å². The van der Waals surface area contributed by atoms with E-state index in [0.29, 0.717) is 5.82 Å². The maximum atomic E-state index is 11.8. The molecule has 7 nitrogen and oxygen atoms in total. The average Bonchev–Trinajstić information content (AvgIpc) is 2.58. The van der Waals surface area contributed by atoms with Crippen LogP contribution in [-0.4, -0.2) is 27.5 Å². The Hall–Kier alpha value is -2.70. The van der Waals surface area contributed by atoms with Crippen LogP contribution in [0.1, 0.15) is 37.3 Å². The second-order valence-electron chi connectivity index (χ2n) is 6.61. The van der Waals surface area contributed by atoms with Gasteiger partial charge in [-0.3, -0.25) is 10.1 Å². The van der Waals surface area contributed by atoms with E-state index in [0.717, 1.165) is 37.1 Å². The summed E-state index contributed by atoms with van der Waals surface area (Å²) in [5.41, 5.74) is 3.01. The molecule has 0 spiro atoms. The minimum Gasteiger partial charge on any atom is -0.348 e. The number of nitrogens with one attached hydrogen (secondary N) is 1. The van der Waals surface area contributed by atoms with Gasteiger partial charge in [-0.25, -0.2) is 9.97 Å². The first-order valence-corrected chi connectivity index (χ1v) is 8.57. The third-order valence-electron chi connectivity index (χ3n) is 4.83. The number of hydrogen-bond donors (Lipinski definition) is 1. The van der Waals surface area contributed by atoms with Gasteiger partial charge in [0.1, 0.15) is 6.33 Å². The van der Waals surface area contributed by atoms with Gasteiger partial charge in [0.15, 0.2) is 0 Å². The first kappa shape index (κ1) is 17.1. The van der Waals surface area contributed by atoms with Gasteiger partial charge in [-0.15, -0.1) is 0 Å². The average molecular weight is 341 g/mol. The fourth-order valence-electron chi connectivity index (χ4n) is 3.21. The Morgan fingerprint density at radius 3 is 2.72 bits per heavy atom. The highest BCUT2D eigenvalue weighted by Crippen LogP contribution is 2.36. The van der Waals surface area contributed by atoms with Crippen LogP contribution in [0.4, 0.5) is 23.0 Å². The number of aryl methyl sites for hydroxylation is 2. The van der Waals surface area contributed by atoms with Gasteiger partial charge in [0.05, 0.1) is 4.92 Å². The number of aromatic nitrogens is 2. The summed E-state index contributed by atoms with van der Waals surface area (Å²) >= 11 is 0. The molecule has 1 N–H and O–H groups in total. The van der Waals surface area contributed by atoms with Crippen molar-refractivity contribution in [2.45, 2.75) is 46.1 Å². The first-order valence-electron chi connectivity index (χ1n) is 8.57. The molecule has 1 aromatic heterocycles. The standard InChI is InChI=1S/C18H23N5O2/c1-12-7-8-15(10-13(12)2)21-17-16(23(24)25)18(20-11-19-17)22-9-5-4-6-14(22)3/h7-8,10-11,14H,4-6,9H2,1-3H3,(H,19,20,21). The Bertz CT molecular complexity index is 793. The molecule has 1 aliphatic rings. The van der Waals surface area contributed by atoms with E-state index in [1.807, 2.05) is 36.9 Å². The van der Waals surface area contributed by atoms with Crippen molar-refractivity contribution >= 4 is 23.0 Å². The number of anilines is 3. The van der Waals surface area contributed by atoms with Crippen LogP contribution in [0.3, 0.4) is 0 Å². The largest absolute Gasteiger partial charge is 0.353 e. The number of benzene rings is 1. The third kappa shape index (κ3) is 3.55. The molecule has 1 saturated heterocycles. The van der Waals surface area contributed by atoms with E-state index in [4.69, 9.17) is 0 Å². The Balaban J connectivity index is 2.00.